The van der Waals surface area contributed by atoms with Crippen molar-refractivity contribution in [1.82, 2.24) is 0 Å². The highest BCUT2D eigenvalue weighted by Gasteiger charge is 2.07. The first-order valence-electron chi connectivity index (χ1n) is 5.64. The summed E-state index contributed by atoms with van der Waals surface area (Å²) in [7, 11) is 0. The van der Waals surface area contributed by atoms with E-state index in [2.05, 4.69) is 13.8 Å². The van der Waals surface area contributed by atoms with Crippen LogP contribution in [0, 0.1) is 5.92 Å². The Morgan fingerprint density at radius 2 is 2.06 bits per heavy atom. The standard InChI is InChI=1S/C13H19ClO2/c1-4-9(2)8-16-13-6-5-11(10(3)15)7-12(13)14/h5-7,9-10,15H,4,8H2,1-3H3/t9?,10-/m0/s1. The summed E-state index contributed by atoms with van der Waals surface area (Å²) in [5.41, 5.74) is 0.806. The smallest absolute Gasteiger partial charge is 0.137 e. The molecular formula is C13H19ClO2. The zero-order valence-corrected chi connectivity index (χ0v) is 10.8. The molecule has 3 heteroatoms. The average Bonchev–Trinajstić information content (AvgIpc) is 2.26. The van der Waals surface area contributed by atoms with Crippen molar-refractivity contribution in [2.75, 3.05) is 6.61 Å². The molecule has 0 heterocycles. The zero-order chi connectivity index (χ0) is 12.1. The van der Waals surface area contributed by atoms with Crippen molar-refractivity contribution < 1.29 is 9.84 Å². The van der Waals surface area contributed by atoms with Crippen LogP contribution in [0.25, 0.3) is 0 Å². The number of hydrogen-bond donors (Lipinski definition) is 1. The van der Waals surface area contributed by atoms with Gasteiger partial charge in [-0.25, -0.2) is 0 Å². The lowest BCUT2D eigenvalue weighted by Gasteiger charge is -2.13. The first kappa shape index (κ1) is 13.3. The fourth-order valence-electron chi connectivity index (χ4n) is 1.24. The summed E-state index contributed by atoms with van der Waals surface area (Å²) in [4.78, 5) is 0. The van der Waals surface area contributed by atoms with Crippen LogP contribution in [0.1, 0.15) is 38.9 Å². The molecule has 1 rings (SSSR count). The van der Waals surface area contributed by atoms with Crippen LogP contribution in [0.3, 0.4) is 0 Å². The highest BCUT2D eigenvalue weighted by atomic mass is 35.5. The van der Waals surface area contributed by atoms with E-state index in [1.165, 1.54) is 0 Å². The summed E-state index contributed by atoms with van der Waals surface area (Å²) in [5, 5.41) is 9.95. The molecule has 1 N–H and O–H groups in total. The lowest BCUT2D eigenvalue weighted by atomic mass is 10.1. The van der Waals surface area contributed by atoms with E-state index in [1.54, 1.807) is 13.0 Å². The van der Waals surface area contributed by atoms with Crippen LogP contribution in [-0.4, -0.2) is 11.7 Å². The molecule has 0 aromatic heterocycles. The third kappa shape index (κ3) is 3.69. The van der Waals surface area contributed by atoms with E-state index in [9.17, 15) is 5.11 Å². The Balaban J connectivity index is 2.68. The van der Waals surface area contributed by atoms with Crippen molar-refractivity contribution in [3.05, 3.63) is 28.8 Å². The molecule has 1 aromatic rings. The number of hydrogen-bond acceptors (Lipinski definition) is 2. The maximum Gasteiger partial charge on any atom is 0.137 e. The van der Waals surface area contributed by atoms with E-state index in [-0.39, 0.29) is 0 Å². The summed E-state index contributed by atoms with van der Waals surface area (Å²) >= 11 is 6.06. The van der Waals surface area contributed by atoms with E-state index in [4.69, 9.17) is 16.3 Å². The molecule has 0 aliphatic rings. The molecule has 0 spiro atoms. The number of halogens is 1. The Morgan fingerprint density at radius 1 is 1.38 bits per heavy atom. The third-order valence-corrected chi connectivity index (χ3v) is 2.95. The van der Waals surface area contributed by atoms with Gasteiger partial charge in [0, 0.05) is 0 Å². The van der Waals surface area contributed by atoms with Crippen molar-refractivity contribution in [2.45, 2.75) is 33.3 Å². The minimum absolute atomic E-state index is 0.499. The van der Waals surface area contributed by atoms with Crippen LogP contribution in [0.15, 0.2) is 18.2 Å². The van der Waals surface area contributed by atoms with Crippen LogP contribution < -0.4 is 4.74 Å². The minimum atomic E-state index is -0.499. The Morgan fingerprint density at radius 3 is 2.56 bits per heavy atom. The molecule has 0 amide bonds. The van der Waals surface area contributed by atoms with Crippen LogP contribution in [0.4, 0.5) is 0 Å². The van der Waals surface area contributed by atoms with E-state index < -0.39 is 6.10 Å². The maximum absolute atomic E-state index is 9.40. The van der Waals surface area contributed by atoms with Gasteiger partial charge in [-0.15, -0.1) is 0 Å². The summed E-state index contributed by atoms with van der Waals surface area (Å²) in [6.45, 7) is 6.65. The number of rotatable bonds is 5. The quantitative estimate of drug-likeness (QED) is 0.851. The SMILES string of the molecule is CCC(C)COc1ccc([C@H](C)O)cc1Cl. The molecule has 1 unspecified atom stereocenters. The van der Waals surface area contributed by atoms with Crippen LogP contribution in [-0.2, 0) is 0 Å². The Hall–Kier alpha value is -0.730. The predicted octanol–water partition coefficient (Wildman–Crippen LogP) is 3.82. The van der Waals surface area contributed by atoms with Crippen molar-refractivity contribution in [3.8, 4) is 5.75 Å². The van der Waals surface area contributed by atoms with Gasteiger partial charge in [-0.2, -0.15) is 0 Å². The first-order chi connectivity index (χ1) is 7.54. The number of aliphatic hydroxyl groups is 1. The number of aliphatic hydroxyl groups excluding tert-OH is 1. The highest BCUT2D eigenvalue weighted by molar-refractivity contribution is 6.32. The number of ether oxygens (including phenoxy) is 1. The molecule has 0 saturated carbocycles. The van der Waals surface area contributed by atoms with Crippen LogP contribution >= 0.6 is 11.6 Å². The Labute approximate surface area is 102 Å². The summed E-state index contributed by atoms with van der Waals surface area (Å²) < 4.78 is 5.61. The van der Waals surface area contributed by atoms with Gasteiger partial charge in [0.2, 0.25) is 0 Å². The molecule has 0 bridgehead atoms. The summed E-state index contributed by atoms with van der Waals surface area (Å²) in [6.07, 6.45) is 0.588. The monoisotopic (exact) mass is 242 g/mol. The van der Waals surface area contributed by atoms with Gasteiger partial charge < -0.3 is 9.84 Å². The molecule has 16 heavy (non-hydrogen) atoms. The zero-order valence-electron chi connectivity index (χ0n) is 10.0. The molecule has 0 fully saturated rings. The second-order valence-electron chi connectivity index (χ2n) is 4.19. The molecule has 0 aliphatic heterocycles. The van der Waals surface area contributed by atoms with Gasteiger partial charge >= 0.3 is 0 Å². The largest absolute Gasteiger partial charge is 0.492 e. The average molecular weight is 243 g/mol. The van der Waals surface area contributed by atoms with E-state index >= 15 is 0 Å². The second-order valence-corrected chi connectivity index (χ2v) is 4.60. The second kappa shape index (κ2) is 6.12. The molecule has 0 aliphatic carbocycles. The molecular weight excluding hydrogens is 224 g/mol. The fourth-order valence-corrected chi connectivity index (χ4v) is 1.49. The first-order valence-corrected chi connectivity index (χ1v) is 6.02. The molecule has 0 saturated heterocycles. The van der Waals surface area contributed by atoms with Gasteiger partial charge in [0.1, 0.15) is 5.75 Å². The van der Waals surface area contributed by atoms with Crippen molar-refractivity contribution in [2.24, 2.45) is 5.92 Å². The lowest BCUT2D eigenvalue weighted by Crippen LogP contribution is -2.07. The Bertz CT molecular complexity index is 337. The fraction of sp³-hybridized carbons (Fsp3) is 0.538. The lowest BCUT2D eigenvalue weighted by molar-refractivity contribution is 0.199. The minimum Gasteiger partial charge on any atom is -0.492 e. The van der Waals surface area contributed by atoms with Crippen LogP contribution in [0.2, 0.25) is 5.02 Å². The maximum atomic E-state index is 9.40. The van der Waals surface area contributed by atoms with Gasteiger partial charge in [-0.3, -0.25) is 0 Å². The van der Waals surface area contributed by atoms with Gasteiger partial charge in [-0.1, -0.05) is 37.9 Å². The summed E-state index contributed by atoms with van der Waals surface area (Å²) in [6, 6.07) is 5.40. The Kier molecular flexibility index (Phi) is 5.10. The molecule has 90 valence electrons. The molecule has 1 aromatic carbocycles. The van der Waals surface area contributed by atoms with E-state index in [1.807, 2.05) is 12.1 Å². The molecule has 2 nitrogen and oxygen atoms in total. The van der Waals surface area contributed by atoms with Crippen molar-refractivity contribution in [1.29, 1.82) is 0 Å². The van der Waals surface area contributed by atoms with E-state index in [0.717, 1.165) is 12.0 Å². The summed E-state index contributed by atoms with van der Waals surface area (Å²) in [5.74, 6) is 1.21. The van der Waals surface area contributed by atoms with E-state index in [0.29, 0.717) is 23.3 Å². The highest BCUT2D eigenvalue weighted by Crippen LogP contribution is 2.28. The van der Waals surface area contributed by atoms with Gasteiger partial charge in [0.15, 0.2) is 0 Å². The van der Waals surface area contributed by atoms with Gasteiger partial charge in [-0.05, 0) is 30.5 Å². The predicted molar refractivity (Wildman–Crippen MR) is 67.0 cm³/mol. The van der Waals surface area contributed by atoms with Crippen LogP contribution in [0.5, 0.6) is 5.75 Å². The normalized spacial score (nSPS) is 14.6. The molecule has 0 radical (unpaired) electrons. The van der Waals surface area contributed by atoms with Gasteiger partial charge in [0.05, 0.1) is 17.7 Å². The topological polar surface area (TPSA) is 29.5 Å². The third-order valence-electron chi connectivity index (χ3n) is 2.66. The van der Waals surface area contributed by atoms with Crippen molar-refractivity contribution in [3.63, 3.8) is 0 Å². The van der Waals surface area contributed by atoms with Crippen molar-refractivity contribution >= 4 is 11.6 Å². The molecule has 2 atom stereocenters. The number of benzene rings is 1. The van der Waals surface area contributed by atoms with Gasteiger partial charge in [0.25, 0.3) is 0 Å².